The maximum atomic E-state index is 11.7. The third-order valence-corrected chi connectivity index (χ3v) is 2.84. The van der Waals surface area contributed by atoms with E-state index in [1.165, 1.54) is 24.3 Å². The third kappa shape index (κ3) is 5.03. The highest BCUT2D eigenvalue weighted by molar-refractivity contribution is 5.80. The van der Waals surface area contributed by atoms with Crippen LogP contribution in [-0.4, -0.2) is 29.1 Å². The standard InChI is InChI=1S/C14H20N2O5/c1-4-20-13(17)14(3,15)9-10(2)21-12-7-5-11(6-8-12)16(18)19/h5-8,10H,4,9,15H2,1-3H3. The fourth-order valence-electron chi connectivity index (χ4n) is 1.90. The van der Waals surface area contributed by atoms with Gasteiger partial charge < -0.3 is 15.2 Å². The molecule has 0 aliphatic carbocycles. The van der Waals surface area contributed by atoms with E-state index < -0.39 is 16.4 Å². The van der Waals surface area contributed by atoms with Crippen LogP contribution in [0.1, 0.15) is 27.2 Å². The lowest BCUT2D eigenvalue weighted by atomic mass is 9.96. The summed E-state index contributed by atoms with van der Waals surface area (Å²) in [6, 6.07) is 5.73. The molecule has 0 fully saturated rings. The van der Waals surface area contributed by atoms with Crippen molar-refractivity contribution in [3.8, 4) is 5.75 Å². The summed E-state index contributed by atoms with van der Waals surface area (Å²) in [5, 5.41) is 10.6. The first-order chi connectivity index (χ1) is 9.76. The van der Waals surface area contributed by atoms with Crippen molar-refractivity contribution >= 4 is 11.7 Å². The number of nitrogens with zero attached hydrogens (tertiary/aromatic N) is 1. The number of nitrogens with two attached hydrogens (primary N) is 1. The molecule has 2 atom stereocenters. The summed E-state index contributed by atoms with van der Waals surface area (Å²) in [5.41, 5.74) is 4.77. The van der Waals surface area contributed by atoms with Crippen LogP contribution in [0.3, 0.4) is 0 Å². The highest BCUT2D eigenvalue weighted by Gasteiger charge is 2.32. The maximum Gasteiger partial charge on any atom is 0.325 e. The van der Waals surface area contributed by atoms with E-state index in [0.717, 1.165) is 0 Å². The largest absolute Gasteiger partial charge is 0.491 e. The van der Waals surface area contributed by atoms with Crippen LogP contribution in [-0.2, 0) is 9.53 Å². The Morgan fingerprint density at radius 2 is 2.00 bits per heavy atom. The van der Waals surface area contributed by atoms with Gasteiger partial charge in [-0.25, -0.2) is 0 Å². The lowest BCUT2D eigenvalue weighted by Gasteiger charge is -2.26. The summed E-state index contributed by atoms with van der Waals surface area (Å²) in [6.07, 6.45) is -0.0751. The molecule has 0 amide bonds. The Balaban J connectivity index is 2.62. The zero-order chi connectivity index (χ0) is 16.0. The minimum Gasteiger partial charge on any atom is -0.491 e. The van der Waals surface area contributed by atoms with Crippen molar-refractivity contribution in [1.82, 2.24) is 0 Å². The zero-order valence-corrected chi connectivity index (χ0v) is 12.4. The Morgan fingerprint density at radius 3 is 2.48 bits per heavy atom. The SMILES string of the molecule is CCOC(=O)C(C)(N)CC(C)Oc1ccc([N+](=O)[O-])cc1. The number of nitro groups is 1. The van der Waals surface area contributed by atoms with Crippen LogP contribution in [0.15, 0.2) is 24.3 Å². The first kappa shape index (κ1) is 16.9. The number of non-ortho nitro benzene ring substituents is 1. The molecule has 0 spiro atoms. The van der Waals surface area contributed by atoms with Crippen molar-refractivity contribution in [2.24, 2.45) is 5.73 Å². The number of carbonyl (C=O) groups is 1. The van der Waals surface area contributed by atoms with E-state index >= 15 is 0 Å². The van der Waals surface area contributed by atoms with Crippen LogP contribution < -0.4 is 10.5 Å². The topological polar surface area (TPSA) is 105 Å². The van der Waals surface area contributed by atoms with Crippen LogP contribution in [0.25, 0.3) is 0 Å². The Morgan fingerprint density at radius 1 is 1.43 bits per heavy atom. The average Bonchev–Trinajstić information content (AvgIpc) is 2.38. The zero-order valence-electron chi connectivity index (χ0n) is 12.4. The second-order valence-corrected chi connectivity index (χ2v) is 5.02. The van der Waals surface area contributed by atoms with Crippen LogP contribution in [0, 0.1) is 10.1 Å². The number of hydrogen-bond donors (Lipinski definition) is 1. The van der Waals surface area contributed by atoms with Gasteiger partial charge in [-0.15, -0.1) is 0 Å². The van der Waals surface area contributed by atoms with E-state index in [1.54, 1.807) is 20.8 Å². The van der Waals surface area contributed by atoms with Crippen LogP contribution in [0.2, 0.25) is 0 Å². The van der Waals surface area contributed by atoms with Crippen LogP contribution >= 0.6 is 0 Å². The highest BCUT2D eigenvalue weighted by Crippen LogP contribution is 2.21. The first-order valence-corrected chi connectivity index (χ1v) is 6.63. The number of benzene rings is 1. The van der Waals surface area contributed by atoms with Crippen molar-refractivity contribution in [3.63, 3.8) is 0 Å². The van der Waals surface area contributed by atoms with E-state index in [0.29, 0.717) is 5.75 Å². The number of ether oxygens (including phenoxy) is 2. The maximum absolute atomic E-state index is 11.7. The van der Waals surface area contributed by atoms with Crippen molar-refractivity contribution < 1.29 is 19.2 Å². The van der Waals surface area contributed by atoms with Gasteiger partial charge in [-0.2, -0.15) is 0 Å². The number of carbonyl (C=O) groups excluding carboxylic acids is 1. The fraction of sp³-hybridized carbons (Fsp3) is 0.500. The van der Waals surface area contributed by atoms with Gasteiger partial charge >= 0.3 is 5.97 Å². The normalized spacial score (nSPS) is 14.9. The molecule has 0 saturated heterocycles. The summed E-state index contributed by atoms with van der Waals surface area (Å²) in [6.45, 7) is 5.33. The number of esters is 1. The summed E-state index contributed by atoms with van der Waals surface area (Å²) >= 11 is 0. The average molecular weight is 296 g/mol. The molecule has 21 heavy (non-hydrogen) atoms. The van der Waals surface area contributed by atoms with Gasteiger partial charge in [0.2, 0.25) is 0 Å². The van der Waals surface area contributed by atoms with E-state index in [1.807, 2.05) is 0 Å². The molecule has 0 heterocycles. The van der Waals surface area contributed by atoms with Gasteiger partial charge in [-0.3, -0.25) is 14.9 Å². The van der Waals surface area contributed by atoms with E-state index in [2.05, 4.69) is 0 Å². The fourth-order valence-corrected chi connectivity index (χ4v) is 1.90. The molecular formula is C14H20N2O5. The van der Waals surface area contributed by atoms with Gasteiger partial charge in [0.25, 0.3) is 5.69 Å². The molecule has 1 rings (SSSR count). The molecule has 0 aliphatic rings. The molecule has 0 aliphatic heterocycles. The Kier molecular flexibility index (Phi) is 5.66. The van der Waals surface area contributed by atoms with Gasteiger partial charge in [-0.05, 0) is 32.9 Å². The second kappa shape index (κ2) is 7.03. The number of hydrogen-bond acceptors (Lipinski definition) is 6. The monoisotopic (exact) mass is 296 g/mol. The summed E-state index contributed by atoms with van der Waals surface area (Å²) < 4.78 is 10.5. The van der Waals surface area contributed by atoms with Gasteiger partial charge in [0.05, 0.1) is 17.6 Å². The molecule has 7 nitrogen and oxygen atoms in total. The van der Waals surface area contributed by atoms with Crippen molar-refractivity contribution in [2.45, 2.75) is 38.8 Å². The molecular weight excluding hydrogens is 276 g/mol. The molecule has 0 saturated carbocycles. The molecule has 0 radical (unpaired) electrons. The van der Waals surface area contributed by atoms with Crippen molar-refractivity contribution in [2.75, 3.05) is 6.61 Å². The molecule has 0 bridgehead atoms. The van der Waals surface area contributed by atoms with E-state index in [4.69, 9.17) is 15.2 Å². The Bertz CT molecular complexity index is 499. The molecule has 0 aromatic heterocycles. The summed E-state index contributed by atoms with van der Waals surface area (Å²) in [4.78, 5) is 21.8. The predicted molar refractivity (Wildman–Crippen MR) is 77.0 cm³/mol. The highest BCUT2D eigenvalue weighted by atomic mass is 16.6. The Hall–Kier alpha value is -2.15. The van der Waals surface area contributed by atoms with Crippen molar-refractivity contribution in [1.29, 1.82) is 0 Å². The quantitative estimate of drug-likeness (QED) is 0.469. The lowest BCUT2D eigenvalue weighted by Crippen LogP contribution is -2.49. The third-order valence-electron chi connectivity index (χ3n) is 2.84. The number of nitro benzene ring substituents is 1. The lowest BCUT2D eigenvalue weighted by molar-refractivity contribution is -0.384. The number of rotatable bonds is 7. The summed E-state index contributed by atoms with van der Waals surface area (Å²) in [5.74, 6) is -0.00286. The van der Waals surface area contributed by atoms with Gasteiger partial charge in [-0.1, -0.05) is 0 Å². The first-order valence-electron chi connectivity index (χ1n) is 6.63. The predicted octanol–water partition coefficient (Wildman–Crippen LogP) is 2.03. The smallest absolute Gasteiger partial charge is 0.325 e. The Labute approximate surface area is 123 Å². The molecule has 1 aromatic carbocycles. The molecule has 1 aromatic rings. The van der Waals surface area contributed by atoms with Crippen LogP contribution in [0.4, 0.5) is 5.69 Å². The van der Waals surface area contributed by atoms with Gasteiger partial charge in [0, 0.05) is 18.6 Å². The minimum absolute atomic E-state index is 0.00908. The van der Waals surface area contributed by atoms with Gasteiger partial charge in [0.1, 0.15) is 11.3 Å². The van der Waals surface area contributed by atoms with Crippen molar-refractivity contribution in [3.05, 3.63) is 34.4 Å². The van der Waals surface area contributed by atoms with E-state index in [9.17, 15) is 14.9 Å². The molecule has 7 heteroatoms. The second-order valence-electron chi connectivity index (χ2n) is 5.02. The molecule has 116 valence electrons. The molecule has 2 unspecified atom stereocenters. The van der Waals surface area contributed by atoms with Gasteiger partial charge in [0.15, 0.2) is 0 Å². The molecule has 2 N–H and O–H groups in total. The van der Waals surface area contributed by atoms with E-state index in [-0.39, 0.29) is 24.8 Å². The minimum atomic E-state index is -1.14. The van der Waals surface area contributed by atoms with Crippen LogP contribution in [0.5, 0.6) is 5.75 Å². The summed E-state index contributed by atoms with van der Waals surface area (Å²) in [7, 11) is 0.